The second-order valence-corrected chi connectivity index (χ2v) is 4.50. The van der Waals surface area contributed by atoms with E-state index in [9.17, 15) is 9.90 Å². The molecule has 1 aromatic carbocycles. The lowest BCUT2D eigenvalue weighted by Crippen LogP contribution is -2.17. The number of hydrogen-bond acceptors (Lipinski definition) is 2. The van der Waals surface area contributed by atoms with E-state index in [-0.39, 0.29) is 11.8 Å². The summed E-state index contributed by atoms with van der Waals surface area (Å²) in [5.41, 5.74) is 6.99. The van der Waals surface area contributed by atoms with Crippen LogP contribution in [0.5, 0.6) is 0 Å². The maximum Gasteiger partial charge on any atom is 0.306 e. The molecule has 4 nitrogen and oxygen atoms in total. The molecule has 0 aliphatic rings. The van der Waals surface area contributed by atoms with Gasteiger partial charge < -0.3 is 10.8 Å². The van der Waals surface area contributed by atoms with E-state index in [1.165, 1.54) is 0 Å². The van der Waals surface area contributed by atoms with E-state index >= 15 is 0 Å². The molecule has 1 aromatic rings. The molecule has 1 atom stereocenters. The summed E-state index contributed by atoms with van der Waals surface area (Å²) in [7, 11) is 0. The summed E-state index contributed by atoms with van der Waals surface area (Å²) < 4.78 is 0. The second kappa shape index (κ2) is 6.79. The first kappa shape index (κ1) is 14.2. The van der Waals surface area contributed by atoms with Crippen LogP contribution >= 0.6 is 0 Å². The molecule has 18 heavy (non-hydrogen) atoms. The molecule has 0 spiro atoms. The van der Waals surface area contributed by atoms with Crippen molar-refractivity contribution in [1.82, 2.24) is 0 Å². The van der Waals surface area contributed by atoms with Gasteiger partial charge in [-0.05, 0) is 24.5 Å². The Morgan fingerprint density at radius 3 is 2.78 bits per heavy atom. The Hall–Kier alpha value is -1.84. The second-order valence-electron chi connectivity index (χ2n) is 4.50. The van der Waals surface area contributed by atoms with Gasteiger partial charge in [0.15, 0.2) is 0 Å². The van der Waals surface area contributed by atoms with Crippen LogP contribution in [-0.4, -0.2) is 16.9 Å². The van der Waals surface area contributed by atoms with Crippen molar-refractivity contribution in [2.24, 2.45) is 11.7 Å². The third-order valence-corrected chi connectivity index (χ3v) is 2.98. The lowest BCUT2D eigenvalue weighted by molar-refractivity contribution is -0.141. The molecule has 0 heterocycles. The molecule has 0 bridgehead atoms. The molecule has 98 valence electrons. The van der Waals surface area contributed by atoms with Crippen LogP contribution in [0.4, 0.5) is 0 Å². The number of hydrogen-bond donors (Lipinski definition) is 3. The van der Waals surface area contributed by atoms with Gasteiger partial charge in [-0.25, -0.2) is 0 Å². The number of carboxylic acids is 1. The highest BCUT2D eigenvalue weighted by atomic mass is 16.4. The van der Waals surface area contributed by atoms with Crippen molar-refractivity contribution in [3.63, 3.8) is 0 Å². The number of unbranched alkanes of at least 4 members (excludes halogenated alkanes) is 1. The van der Waals surface area contributed by atoms with Gasteiger partial charge in [0.2, 0.25) is 0 Å². The van der Waals surface area contributed by atoms with Gasteiger partial charge in [0.1, 0.15) is 5.84 Å². The van der Waals surface area contributed by atoms with Crippen LogP contribution < -0.4 is 5.73 Å². The van der Waals surface area contributed by atoms with Crippen LogP contribution in [0, 0.1) is 11.3 Å². The first-order valence-corrected chi connectivity index (χ1v) is 6.20. The Morgan fingerprint density at radius 2 is 2.22 bits per heavy atom. The first-order valence-electron chi connectivity index (χ1n) is 6.20. The van der Waals surface area contributed by atoms with Gasteiger partial charge in [0.25, 0.3) is 0 Å². The smallest absolute Gasteiger partial charge is 0.306 e. The van der Waals surface area contributed by atoms with Crippen LogP contribution in [0.1, 0.15) is 37.3 Å². The molecule has 0 saturated carbocycles. The predicted octanol–water partition coefficient (Wildman–Crippen LogP) is 2.40. The summed E-state index contributed by atoms with van der Waals surface area (Å²) in [6.45, 7) is 2.05. The Bertz CT molecular complexity index is 430. The molecule has 0 radical (unpaired) electrons. The summed E-state index contributed by atoms with van der Waals surface area (Å²) in [5, 5.41) is 16.5. The number of aliphatic carboxylic acids is 1. The van der Waals surface area contributed by atoms with E-state index in [0.29, 0.717) is 18.4 Å². The van der Waals surface area contributed by atoms with Gasteiger partial charge in [-0.3, -0.25) is 10.2 Å². The molecule has 0 saturated heterocycles. The maximum atomic E-state index is 11.2. The number of benzene rings is 1. The summed E-state index contributed by atoms with van der Waals surface area (Å²) in [5.74, 6) is -1.10. The molecule has 0 amide bonds. The molecule has 0 aliphatic carbocycles. The minimum Gasteiger partial charge on any atom is -0.481 e. The van der Waals surface area contributed by atoms with Crippen molar-refractivity contribution in [2.45, 2.75) is 32.6 Å². The summed E-state index contributed by atoms with van der Waals surface area (Å²) in [6, 6.07) is 7.25. The van der Waals surface area contributed by atoms with Crippen molar-refractivity contribution in [3.8, 4) is 0 Å². The van der Waals surface area contributed by atoms with Crippen molar-refractivity contribution >= 4 is 11.8 Å². The van der Waals surface area contributed by atoms with Gasteiger partial charge in [0, 0.05) is 5.56 Å². The van der Waals surface area contributed by atoms with Gasteiger partial charge in [-0.15, -0.1) is 0 Å². The number of carbonyl (C=O) groups is 1. The number of nitrogens with one attached hydrogen (secondary N) is 1. The first-order chi connectivity index (χ1) is 8.54. The van der Waals surface area contributed by atoms with E-state index in [4.69, 9.17) is 11.1 Å². The molecule has 0 fully saturated rings. The van der Waals surface area contributed by atoms with Gasteiger partial charge >= 0.3 is 5.97 Å². The monoisotopic (exact) mass is 248 g/mol. The highest BCUT2D eigenvalue weighted by molar-refractivity contribution is 5.95. The number of nitrogens with two attached hydrogens (primary N) is 1. The highest BCUT2D eigenvalue weighted by Gasteiger charge is 2.17. The summed E-state index contributed by atoms with van der Waals surface area (Å²) in [6.07, 6.45) is 3.10. The van der Waals surface area contributed by atoms with E-state index in [1.54, 1.807) is 12.1 Å². The van der Waals surface area contributed by atoms with Crippen LogP contribution in [0.15, 0.2) is 24.3 Å². The topological polar surface area (TPSA) is 87.2 Å². The highest BCUT2D eigenvalue weighted by Crippen LogP contribution is 2.16. The molecule has 1 unspecified atom stereocenters. The van der Waals surface area contributed by atoms with Crippen molar-refractivity contribution < 1.29 is 9.90 Å². The molecule has 0 aliphatic heterocycles. The van der Waals surface area contributed by atoms with E-state index in [0.717, 1.165) is 18.4 Å². The minimum atomic E-state index is -0.753. The van der Waals surface area contributed by atoms with Crippen LogP contribution in [-0.2, 0) is 11.2 Å². The molecular weight excluding hydrogens is 228 g/mol. The molecule has 4 heteroatoms. The average molecular weight is 248 g/mol. The third-order valence-electron chi connectivity index (χ3n) is 2.98. The van der Waals surface area contributed by atoms with E-state index in [1.807, 2.05) is 12.1 Å². The van der Waals surface area contributed by atoms with Crippen LogP contribution in [0.25, 0.3) is 0 Å². The Kier molecular flexibility index (Phi) is 5.36. The number of carboxylic acid groups (broad SMARTS) is 1. The standard InChI is InChI=1S/C14H20N2O2/c1-2-3-6-12(14(17)18)9-10-5-4-7-11(8-10)13(15)16/h4-5,7-8,12H,2-3,6,9H2,1H3,(H3,15,16)(H,17,18). The summed E-state index contributed by atoms with van der Waals surface area (Å²) in [4.78, 5) is 11.2. The Balaban J connectivity index is 2.77. The van der Waals surface area contributed by atoms with Crippen LogP contribution in [0.2, 0.25) is 0 Å². The average Bonchev–Trinajstić information content (AvgIpc) is 2.34. The largest absolute Gasteiger partial charge is 0.481 e. The SMILES string of the molecule is CCCCC(Cc1cccc(C(=N)N)c1)C(=O)O. The fourth-order valence-corrected chi connectivity index (χ4v) is 1.91. The van der Waals surface area contributed by atoms with Crippen molar-refractivity contribution in [1.29, 1.82) is 5.41 Å². The fraction of sp³-hybridized carbons (Fsp3) is 0.429. The fourth-order valence-electron chi connectivity index (χ4n) is 1.91. The Labute approximate surface area is 107 Å². The zero-order valence-corrected chi connectivity index (χ0v) is 10.6. The molecule has 1 rings (SSSR count). The van der Waals surface area contributed by atoms with E-state index < -0.39 is 5.97 Å². The third kappa shape index (κ3) is 4.20. The number of amidine groups is 1. The van der Waals surface area contributed by atoms with Gasteiger partial charge in [-0.1, -0.05) is 38.0 Å². The minimum absolute atomic E-state index is 0.0114. The quantitative estimate of drug-likeness (QED) is 0.511. The zero-order valence-electron chi connectivity index (χ0n) is 10.6. The number of nitrogen functional groups attached to an aromatic ring is 1. The molecule has 0 aromatic heterocycles. The summed E-state index contributed by atoms with van der Waals surface area (Å²) >= 11 is 0. The van der Waals surface area contributed by atoms with Crippen molar-refractivity contribution in [3.05, 3.63) is 35.4 Å². The molecule has 4 N–H and O–H groups in total. The van der Waals surface area contributed by atoms with Crippen LogP contribution in [0.3, 0.4) is 0 Å². The molecular formula is C14H20N2O2. The Morgan fingerprint density at radius 1 is 1.50 bits per heavy atom. The number of rotatable bonds is 7. The van der Waals surface area contributed by atoms with E-state index in [2.05, 4.69) is 6.92 Å². The van der Waals surface area contributed by atoms with Gasteiger partial charge in [-0.2, -0.15) is 0 Å². The lowest BCUT2D eigenvalue weighted by atomic mass is 9.93. The predicted molar refractivity (Wildman–Crippen MR) is 71.8 cm³/mol. The van der Waals surface area contributed by atoms with Gasteiger partial charge in [0.05, 0.1) is 5.92 Å². The lowest BCUT2D eigenvalue weighted by Gasteiger charge is -2.12. The maximum absolute atomic E-state index is 11.2. The van der Waals surface area contributed by atoms with Crippen molar-refractivity contribution in [2.75, 3.05) is 0 Å². The zero-order chi connectivity index (χ0) is 13.5. The normalized spacial score (nSPS) is 12.1.